The Morgan fingerprint density at radius 2 is 2.14 bits per heavy atom. The summed E-state index contributed by atoms with van der Waals surface area (Å²) in [4.78, 5) is 0. The molecule has 0 aromatic rings. The molecule has 1 fully saturated rings. The van der Waals surface area contributed by atoms with Gasteiger partial charge in [0.15, 0.2) is 0 Å². The summed E-state index contributed by atoms with van der Waals surface area (Å²) in [6.45, 7) is 1.41. The van der Waals surface area contributed by atoms with Gasteiger partial charge in [0.25, 0.3) is 0 Å². The quantitative estimate of drug-likeness (QED) is 0.626. The zero-order chi connectivity index (χ0) is 9.54. The van der Waals surface area contributed by atoms with Crippen LogP contribution in [0.4, 0.5) is 0 Å². The minimum atomic E-state index is 0.174. The SMILES string of the molecule is N[C@H]1CC2=C(C1)C[C@H]1OCCOC1=C2. The second-order valence-corrected chi connectivity index (χ2v) is 4.26. The highest BCUT2D eigenvalue weighted by Crippen LogP contribution is 2.37. The molecule has 0 spiro atoms. The number of fused-ring (bicyclic) bond motifs is 1. The number of ether oxygens (including phenoxy) is 2. The molecular formula is C11H15NO2. The van der Waals surface area contributed by atoms with Gasteiger partial charge in [-0.1, -0.05) is 5.57 Å². The van der Waals surface area contributed by atoms with E-state index >= 15 is 0 Å². The van der Waals surface area contributed by atoms with E-state index in [0.29, 0.717) is 12.6 Å². The summed E-state index contributed by atoms with van der Waals surface area (Å²) in [6.07, 6.45) is 5.37. The fourth-order valence-corrected chi connectivity index (χ4v) is 2.54. The van der Waals surface area contributed by atoms with Gasteiger partial charge in [-0.05, 0) is 24.5 Å². The van der Waals surface area contributed by atoms with E-state index in [9.17, 15) is 0 Å². The van der Waals surface area contributed by atoms with Crippen LogP contribution in [0.5, 0.6) is 0 Å². The van der Waals surface area contributed by atoms with Crippen LogP contribution in [-0.4, -0.2) is 25.4 Å². The van der Waals surface area contributed by atoms with Crippen LogP contribution in [0.25, 0.3) is 0 Å². The van der Waals surface area contributed by atoms with E-state index in [1.165, 1.54) is 11.1 Å². The second kappa shape index (κ2) is 3.11. The molecule has 0 amide bonds. The van der Waals surface area contributed by atoms with Gasteiger partial charge in [-0.15, -0.1) is 0 Å². The van der Waals surface area contributed by atoms with Crippen LogP contribution < -0.4 is 5.73 Å². The summed E-state index contributed by atoms with van der Waals surface area (Å²) in [6, 6.07) is 0.317. The summed E-state index contributed by atoms with van der Waals surface area (Å²) in [5, 5.41) is 0. The van der Waals surface area contributed by atoms with Crippen molar-refractivity contribution in [1.82, 2.24) is 0 Å². The molecule has 0 aromatic carbocycles. The molecule has 3 heteroatoms. The third-order valence-electron chi connectivity index (χ3n) is 3.18. The van der Waals surface area contributed by atoms with Gasteiger partial charge in [-0.25, -0.2) is 0 Å². The molecule has 0 unspecified atom stereocenters. The standard InChI is InChI=1S/C11H15NO2/c12-9-3-7-5-10-11(6-8(7)4-9)14-2-1-13-10/h5,9,11H,1-4,6,12H2/t9-,11+/m0/s1. The number of nitrogens with two attached hydrogens (primary N) is 1. The highest BCUT2D eigenvalue weighted by molar-refractivity contribution is 5.39. The Bertz CT molecular complexity index is 319. The number of rotatable bonds is 0. The van der Waals surface area contributed by atoms with Gasteiger partial charge < -0.3 is 15.2 Å². The zero-order valence-corrected chi connectivity index (χ0v) is 8.16. The van der Waals surface area contributed by atoms with Gasteiger partial charge in [0.1, 0.15) is 18.5 Å². The Hall–Kier alpha value is -0.800. The van der Waals surface area contributed by atoms with Gasteiger partial charge in [0.2, 0.25) is 0 Å². The van der Waals surface area contributed by atoms with Crippen molar-refractivity contribution in [1.29, 1.82) is 0 Å². The van der Waals surface area contributed by atoms with Crippen LogP contribution in [0.2, 0.25) is 0 Å². The lowest BCUT2D eigenvalue weighted by molar-refractivity contribution is -0.0430. The first-order valence-corrected chi connectivity index (χ1v) is 5.25. The average molecular weight is 193 g/mol. The maximum Gasteiger partial charge on any atom is 0.125 e. The van der Waals surface area contributed by atoms with E-state index in [-0.39, 0.29) is 6.10 Å². The first-order chi connectivity index (χ1) is 6.83. The summed E-state index contributed by atoms with van der Waals surface area (Å²) in [7, 11) is 0. The van der Waals surface area contributed by atoms with Crippen molar-refractivity contribution in [2.75, 3.05) is 13.2 Å². The highest BCUT2D eigenvalue weighted by atomic mass is 16.6. The van der Waals surface area contributed by atoms with E-state index < -0.39 is 0 Å². The molecule has 3 rings (SSSR count). The normalized spacial score (nSPS) is 35.9. The molecule has 0 aromatic heterocycles. The van der Waals surface area contributed by atoms with E-state index in [1.54, 1.807) is 0 Å². The minimum absolute atomic E-state index is 0.174. The summed E-state index contributed by atoms with van der Waals surface area (Å²) in [5.41, 5.74) is 8.81. The van der Waals surface area contributed by atoms with Gasteiger partial charge in [0, 0.05) is 12.5 Å². The molecule has 76 valence electrons. The van der Waals surface area contributed by atoms with E-state index in [2.05, 4.69) is 6.08 Å². The van der Waals surface area contributed by atoms with Crippen molar-refractivity contribution in [3.63, 3.8) is 0 Å². The first-order valence-electron chi connectivity index (χ1n) is 5.25. The van der Waals surface area contributed by atoms with Gasteiger partial charge >= 0.3 is 0 Å². The fourth-order valence-electron chi connectivity index (χ4n) is 2.54. The number of allylic oxidation sites excluding steroid dienone is 1. The molecular weight excluding hydrogens is 178 g/mol. The average Bonchev–Trinajstić information content (AvgIpc) is 2.53. The van der Waals surface area contributed by atoms with E-state index in [0.717, 1.165) is 31.6 Å². The summed E-state index contributed by atoms with van der Waals surface area (Å²) < 4.78 is 11.2. The van der Waals surface area contributed by atoms with Crippen molar-refractivity contribution in [2.45, 2.75) is 31.4 Å². The third-order valence-corrected chi connectivity index (χ3v) is 3.18. The molecule has 3 aliphatic rings. The molecule has 0 radical (unpaired) electrons. The summed E-state index contributed by atoms with van der Waals surface area (Å²) in [5.74, 6) is 1.02. The molecule has 3 nitrogen and oxygen atoms in total. The van der Waals surface area contributed by atoms with E-state index in [1.807, 2.05) is 0 Å². The lowest BCUT2D eigenvalue weighted by Gasteiger charge is -2.30. The Labute approximate surface area is 83.6 Å². The highest BCUT2D eigenvalue weighted by Gasteiger charge is 2.31. The largest absolute Gasteiger partial charge is 0.493 e. The molecule has 2 N–H and O–H groups in total. The van der Waals surface area contributed by atoms with Crippen LogP contribution in [0, 0.1) is 0 Å². The maximum absolute atomic E-state index is 5.93. The lowest BCUT2D eigenvalue weighted by Crippen LogP contribution is -2.29. The number of hydrogen-bond acceptors (Lipinski definition) is 3. The fraction of sp³-hybridized carbons (Fsp3) is 0.636. The van der Waals surface area contributed by atoms with Crippen molar-refractivity contribution in [3.8, 4) is 0 Å². The Kier molecular flexibility index (Phi) is 1.89. The molecule has 1 heterocycles. The van der Waals surface area contributed by atoms with Gasteiger partial charge in [-0.2, -0.15) is 0 Å². The Morgan fingerprint density at radius 1 is 1.21 bits per heavy atom. The molecule has 1 aliphatic heterocycles. The van der Waals surface area contributed by atoms with Crippen molar-refractivity contribution >= 4 is 0 Å². The van der Waals surface area contributed by atoms with Gasteiger partial charge in [-0.3, -0.25) is 0 Å². The van der Waals surface area contributed by atoms with Crippen molar-refractivity contribution in [3.05, 3.63) is 23.0 Å². The minimum Gasteiger partial charge on any atom is -0.493 e. The zero-order valence-electron chi connectivity index (χ0n) is 8.16. The molecule has 2 atom stereocenters. The van der Waals surface area contributed by atoms with Crippen molar-refractivity contribution < 1.29 is 9.47 Å². The Balaban J connectivity index is 1.87. The van der Waals surface area contributed by atoms with Crippen LogP contribution in [0.15, 0.2) is 23.0 Å². The van der Waals surface area contributed by atoms with Crippen LogP contribution in [0.1, 0.15) is 19.3 Å². The third kappa shape index (κ3) is 1.28. The topological polar surface area (TPSA) is 44.5 Å². The lowest BCUT2D eigenvalue weighted by atomic mass is 9.96. The molecule has 0 bridgehead atoms. The Morgan fingerprint density at radius 3 is 3.07 bits per heavy atom. The van der Waals surface area contributed by atoms with Crippen LogP contribution >= 0.6 is 0 Å². The second-order valence-electron chi connectivity index (χ2n) is 4.26. The molecule has 1 saturated heterocycles. The monoisotopic (exact) mass is 193 g/mol. The first kappa shape index (κ1) is 8.50. The molecule has 2 aliphatic carbocycles. The smallest absolute Gasteiger partial charge is 0.125 e. The maximum atomic E-state index is 5.93. The summed E-state index contributed by atoms with van der Waals surface area (Å²) >= 11 is 0. The predicted octanol–water partition coefficient (Wildman–Crippen LogP) is 1.11. The van der Waals surface area contributed by atoms with Crippen molar-refractivity contribution in [2.24, 2.45) is 5.73 Å². The predicted molar refractivity (Wildman–Crippen MR) is 52.6 cm³/mol. The van der Waals surface area contributed by atoms with Gasteiger partial charge in [0.05, 0.1) is 6.61 Å². The molecule has 14 heavy (non-hydrogen) atoms. The van der Waals surface area contributed by atoms with Crippen LogP contribution in [-0.2, 0) is 9.47 Å². The molecule has 0 saturated carbocycles. The van der Waals surface area contributed by atoms with E-state index in [4.69, 9.17) is 15.2 Å². The van der Waals surface area contributed by atoms with Crippen LogP contribution in [0.3, 0.4) is 0 Å². The number of hydrogen-bond donors (Lipinski definition) is 1.